The number of nitrogens with zero attached hydrogens (tertiary/aromatic N) is 6. The molecule has 16 nitrogen and oxygen atoms in total. The van der Waals surface area contributed by atoms with Crippen LogP contribution in [0.5, 0.6) is 5.75 Å². The maximum atomic E-state index is 14.2. The lowest BCUT2D eigenvalue weighted by Gasteiger charge is -2.36. The number of halogens is 1. The molecule has 9 rings (SSSR count). The molecule has 3 aliphatic heterocycles. The average Bonchev–Trinajstić information content (AvgIpc) is 3.96. The number of β-amino-alcohol motifs (C(OH)–C–C–N with tert-alkyl or cyclic N) is 1. The number of hydrogen-bond acceptors (Lipinski definition) is 11. The molecule has 1 saturated carbocycles. The van der Waals surface area contributed by atoms with E-state index in [1.165, 1.54) is 9.78 Å². The molecule has 0 unspecified atom stereocenters. The third kappa shape index (κ3) is 10.7. The van der Waals surface area contributed by atoms with Gasteiger partial charge in [-0.25, -0.2) is 0 Å². The molecule has 2 saturated heterocycles. The van der Waals surface area contributed by atoms with Crippen LogP contribution in [-0.2, 0) is 25.6 Å². The van der Waals surface area contributed by atoms with Crippen molar-refractivity contribution in [2.45, 2.75) is 129 Å². The van der Waals surface area contributed by atoms with Crippen molar-refractivity contribution in [3.8, 4) is 10.8 Å². The molecule has 18 heteroatoms. The summed E-state index contributed by atoms with van der Waals surface area (Å²) in [4.78, 5) is 77.4. The minimum atomic E-state index is -0.979. The number of ether oxygens (including phenoxy) is 1. The second kappa shape index (κ2) is 20.6. The summed E-state index contributed by atoms with van der Waals surface area (Å²) in [7, 11) is 0. The molecule has 2 aromatic heterocycles. The number of aliphatic hydroxyl groups is 1. The number of carbonyl (C=O) groups excluding carboxylic acids is 5. The van der Waals surface area contributed by atoms with Crippen molar-refractivity contribution in [1.29, 1.82) is 0 Å². The van der Waals surface area contributed by atoms with E-state index in [1.807, 2.05) is 87.7 Å². The van der Waals surface area contributed by atoms with Gasteiger partial charge < -0.3 is 35.6 Å². The maximum absolute atomic E-state index is 14.2. The highest BCUT2D eigenvalue weighted by atomic mass is 35.5. The van der Waals surface area contributed by atoms with Crippen LogP contribution in [0, 0.1) is 26.2 Å². The topological polar surface area (TPSA) is 200 Å². The van der Waals surface area contributed by atoms with Crippen molar-refractivity contribution in [1.82, 2.24) is 40.5 Å². The highest BCUT2D eigenvalue weighted by Gasteiger charge is 2.45. The molecule has 4 aliphatic rings. The fourth-order valence-corrected chi connectivity index (χ4v) is 11.1. The molecule has 4 N–H and O–H groups in total. The number of aromatic nitrogens is 3. The number of likely N-dealkylation sites (tertiary alicyclic amines) is 2. The Bertz CT molecular complexity index is 2900. The Balaban J connectivity index is 0.764. The molecular weight excluding hydrogens is 954 g/mol. The van der Waals surface area contributed by atoms with Crippen molar-refractivity contribution in [3.63, 3.8) is 0 Å². The van der Waals surface area contributed by atoms with Crippen LogP contribution in [0.15, 0.2) is 77.8 Å². The summed E-state index contributed by atoms with van der Waals surface area (Å²) in [5.74, 6) is 0.592. The quantitative estimate of drug-likeness (QED) is 0.0938. The van der Waals surface area contributed by atoms with Crippen molar-refractivity contribution in [2.75, 3.05) is 19.6 Å². The van der Waals surface area contributed by atoms with E-state index in [2.05, 4.69) is 40.0 Å². The standard InChI is InChI=1S/C54H62ClN9O7S/c1-29-31(3)72-53-46(29)47(35-15-17-37(55)18-16-35)58-42(49-61-60-32(4)64(49)53)27-45(67)57-38-24-41(25-38)71-40-19-9-33(10-20-40)23-44(66)59-48(54(5,6)7)52(70)63-28-39(65)26-43(63)50(68)56-30(2)34-11-13-36(14-12-34)51(69)62-21-8-22-62/h9-20,30,38-39,41-43,48,65H,8,21-28H2,1-7H3,(H,56,68)(H,57,67)(H,59,66)/t30-,38-,39+,41-,42-,43-,48+/m0/s1. The molecule has 5 heterocycles. The summed E-state index contributed by atoms with van der Waals surface area (Å²) in [5, 5.41) is 30.3. The number of amides is 5. The van der Waals surface area contributed by atoms with Gasteiger partial charge in [0.05, 0.1) is 30.7 Å². The first kappa shape index (κ1) is 50.5. The van der Waals surface area contributed by atoms with E-state index in [4.69, 9.17) is 21.3 Å². The number of thiophene rings is 1. The van der Waals surface area contributed by atoms with Crippen LogP contribution in [0.1, 0.15) is 127 Å². The number of aliphatic hydroxyl groups excluding tert-OH is 1. The number of aryl methyl sites for hydroxylation is 2. The van der Waals surface area contributed by atoms with Gasteiger partial charge in [-0.05, 0) is 92.6 Å². The van der Waals surface area contributed by atoms with Crippen LogP contribution in [0.2, 0.25) is 5.02 Å². The Morgan fingerprint density at radius 1 is 0.889 bits per heavy atom. The third-order valence-electron chi connectivity index (χ3n) is 14.2. The number of fused-ring (bicyclic) bond motifs is 3. The van der Waals surface area contributed by atoms with E-state index in [1.54, 1.807) is 40.5 Å². The highest BCUT2D eigenvalue weighted by Crippen LogP contribution is 2.40. The van der Waals surface area contributed by atoms with E-state index in [0.717, 1.165) is 58.3 Å². The molecule has 0 bridgehead atoms. The van der Waals surface area contributed by atoms with Crippen molar-refractivity contribution in [3.05, 3.63) is 128 Å². The van der Waals surface area contributed by atoms with Gasteiger partial charge in [-0.15, -0.1) is 21.5 Å². The van der Waals surface area contributed by atoms with Gasteiger partial charge in [0.1, 0.15) is 40.8 Å². The Labute approximate surface area is 428 Å². The maximum Gasteiger partial charge on any atom is 0.253 e. The lowest BCUT2D eigenvalue weighted by Crippen LogP contribution is -2.58. The zero-order valence-corrected chi connectivity index (χ0v) is 43.3. The van der Waals surface area contributed by atoms with Gasteiger partial charge in [0.2, 0.25) is 23.6 Å². The van der Waals surface area contributed by atoms with Gasteiger partial charge in [0, 0.05) is 71.5 Å². The zero-order valence-electron chi connectivity index (χ0n) is 41.7. The minimum Gasteiger partial charge on any atom is -0.490 e. The molecule has 378 valence electrons. The SMILES string of the molecule is Cc1sc2c(c1C)C(c1ccc(Cl)cc1)=N[C@@H](CC(=O)N[C@H]1C[C@H](Oc3ccc(CC(=O)N[C@H](C(=O)N4C[C@H](O)C[C@H]4C(=O)N[C@@H](C)c4ccc(C(=O)N5CCC5)cc4)C(C)(C)C)cc3)C1)c1nnc(C)n1-2. The van der Waals surface area contributed by atoms with Crippen LogP contribution >= 0.6 is 22.9 Å². The minimum absolute atomic E-state index is 0.000269. The van der Waals surface area contributed by atoms with Gasteiger partial charge in [0.25, 0.3) is 5.91 Å². The van der Waals surface area contributed by atoms with Crippen LogP contribution in [0.4, 0.5) is 0 Å². The number of rotatable bonds is 14. The molecule has 72 heavy (non-hydrogen) atoms. The van der Waals surface area contributed by atoms with Gasteiger partial charge >= 0.3 is 0 Å². The van der Waals surface area contributed by atoms with Crippen LogP contribution in [-0.4, -0.2) is 115 Å². The first-order valence-corrected chi connectivity index (χ1v) is 25.9. The summed E-state index contributed by atoms with van der Waals surface area (Å²) < 4.78 is 8.28. The smallest absolute Gasteiger partial charge is 0.253 e. The van der Waals surface area contributed by atoms with Crippen LogP contribution < -0.4 is 20.7 Å². The average molecular weight is 1020 g/mol. The molecule has 3 fully saturated rings. The van der Waals surface area contributed by atoms with Gasteiger partial charge in [0.15, 0.2) is 5.82 Å². The molecule has 0 spiro atoms. The lowest BCUT2D eigenvalue weighted by atomic mass is 9.85. The van der Waals surface area contributed by atoms with Gasteiger partial charge in [-0.2, -0.15) is 0 Å². The van der Waals surface area contributed by atoms with E-state index in [-0.39, 0.29) is 55.7 Å². The number of benzene rings is 3. The summed E-state index contributed by atoms with van der Waals surface area (Å²) in [6.45, 7) is 14.9. The molecular formula is C54H62ClN9O7S. The second-order valence-corrected chi connectivity index (χ2v) is 22.3. The number of nitrogens with one attached hydrogen (secondary N) is 3. The summed E-state index contributed by atoms with van der Waals surface area (Å²) in [6, 6.07) is 19.0. The summed E-state index contributed by atoms with van der Waals surface area (Å²) in [6.07, 6.45) is 1.38. The molecule has 5 atom stereocenters. The number of aliphatic imine (C=N–C) groups is 1. The van der Waals surface area contributed by atoms with Gasteiger partial charge in [-0.3, -0.25) is 33.5 Å². The monoisotopic (exact) mass is 1020 g/mol. The number of carbonyl (C=O) groups is 5. The Morgan fingerprint density at radius 3 is 2.24 bits per heavy atom. The van der Waals surface area contributed by atoms with Crippen molar-refractivity contribution < 1.29 is 33.8 Å². The van der Waals surface area contributed by atoms with E-state index in [0.29, 0.717) is 40.6 Å². The molecule has 1 aliphatic carbocycles. The van der Waals surface area contributed by atoms with E-state index in [9.17, 15) is 29.1 Å². The van der Waals surface area contributed by atoms with Gasteiger partial charge in [-0.1, -0.05) is 68.8 Å². The van der Waals surface area contributed by atoms with Crippen molar-refractivity contribution >= 4 is 58.2 Å². The Morgan fingerprint density at radius 2 is 1.58 bits per heavy atom. The molecule has 3 aromatic carbocycles. The summed E-state index contributed by atoms with van der Waals surface area (Å²) in [5.41, 5.74) is 5.19. The van der Waals surface area contributed by atoms with E-state index < -0.39 is 47.5 Å². The fraction of sp³-hybridized carbons (Fsp3) is 0.444. The molecule has 0 radical (unpaired) electrons. The Hall–Kier alpha value is -6.43. The highest BCUT2D eigenvalue weighted by molar-refractivity contribution is 7.15. The second-order valence-electron chi connectivity index (χ2n) is 20.7. The van der Waals surface area contributed by atoms with Crippen molar-refractivity contribution in [2.24, 2.45) is 10.4 Å². The first-order valence-electron chi connectivity index (χ1n) is 24.7. The Kier molecular flexibility index (Phi) is 14.4. The van der Waals surface area contributed by atoms with E-state index >= 15 is 0 Å². The largest absolute Gasteiger partial charge is 0.490 e. The first-order chi connectivity index (χ1) is 34.3. The van der Waals surface area contributed by atoms with Crippen LogP contribution in [0.3, 0.4) is 0 Å². The molecule has 5 amide bonds. The zero-order chi connectivity index (χ0) is 51.2. The predicted molar refractivity (Wildman–Crippen MR) is 275 cm³/mol. The predicted octanol–water partition coefficient (Wildman–Crippen LogP) is 6.67. The normalized spacial score (nSPS) is 21.2. The van der Waals surface area contributed by atoms with Crippen LogP contribution in [0.25, 0.3) is 5.00 Å². The summed E-state index contributed by atoms with van der Waals surface area (Å²) >= 11 is 7.93. The molecule has 5 aromatic rings. The third-order valence-corrected chi connectivity index (χ3v) is 15.7. The number of hydrogen-bond donors (Lipinski definition) is 4. The fourth-order valence-electron chi connectivity index (χ4n) is 9.78. The lowest BCUT2D eigenvalue weighted by molar-refractivity contribution is -0.144.